The predicted octanol–water partition coefficient (Wildman–Crippen LogP) is 1.39. The van der Waals surface area contributed by atoms with Crippen LogP contribution in [0.4, 0.5) is 10.1 Å². The highest BCUT2D eigenvalue weighted by atomic mass is 19.1. The molecule has 0 aliphatic carbocycles. The smallest absolute Gasteiger partial charge is 0.256 e. The average Bonchev–Trinajstić information content (AvgIpc) is 2.28. The zero-order chi connectivity index (χ0) is 12.1. The molecule has 5 heteroatoms. The van der Waals surface area contributed by atoms with Crippen LogP contribution in [0.2, 0.25) is 0 Å². The number of halogens is 1. The maximum Gasteiger partial charge on any atom is 0.256 e. The van der Waals surface area contributed by atoms with E-state index in [4.69, 9.17) is 11.0 Å². The van der Waals surface area contributed by atoms with Crippen LogP contribution in [-0.2, 0) is 0 Å². The molecule has 0 bridgehead atoms. The Bertz CT molecular complexity index is 439. The van der Waals surface area contributed by atoms with Gasteiger partial charge in [0.25, 0.3) is 5.91 Å². The summed E-state index contributed by atoms with van der Waals surface area (Å²) in [5, 5.41) is 8.38. The summed E-state index contributed by atoms with van der Waals surface area (Å²) >= 11 is 0. The largest absolute Gasteiger partial charge is 0.399 e. The summed E-state index contributed by atoms with van der Waals surface area (Å²) in [5.41, 5.74) is 5.74. The number of hydrogen-bond acceptors (Lipinski definition) is 3. The normalized spacial score (nSPS) is 9.56. The summed E-state index contributed by atoms with van der Waals surface area (Å²) in [7, 11) is 1.52. The van der Waals surface area contributed by atoms with E-state index in [9.17, 15) is 9.18 Å². The van der Waals surface area contributed by atoms with E-state index >= 15 is 0 Å². The second kappa shape index (κ2) is 5.12. The molecule has 1 rings (SSSR count). The number of nitrogens with two attached hydrogens (primary N) is 1. The number of carbonyl (C=O) groups excluding carboxylic acids is 1. The molecular formula is C11H12FN3O. The van der Waals surface area contributed by atoms with Gasteiger partial charge in [0, 0.05) is 19.3 Å². The van der Waals surface area contributed by atoms with Gasteiger partial charge in [-0.25, -0.2) is 4.39 Å². The van der Waals surface area contributed by atoms with Gasteiger partial charge in [-0.05, 0) is 18.2 Å². The van der Waals surface area contributed by atoms with Gasteiger partial charge in [0.15, 0.2) is 0 Å². The number of amides is 1. The molecule has 16 heavy (non-hydrogen) atoms. The second-order valence-corrected chi connectivity index (χ2v) is 3.37. The van der Waals surface area contributed by atoms with Crippen molar-refractivity contribution in [3.8, 4) is 6.07 Å². The SMILES string of the molecule is CN(CCC#N)C(=O)c1cc(N)ccc1F. The molecule has 1 amide bonds. The predicted molar refractivity (Wildman–Crippen MR) is 58.0 cm³/mol. The summed E-state index contributed by atoms with van der Waals surface area (Å²) < 4.78 is 13.3. The van der Waals surface area contributed by atoms with Crippen molar-refractivity contribution >= 4 is 11.6 Å². The van der Waals surface area contributed by atoms with Crippen molar-refractivity contribution in [1.82, 2.24) is 4.90 Å². The Hall–Kier alpha value is -2.09. The highest BCUT2D eigenvalue weighted by molar-refractivity contribution is 5.95. The molecule has 0 radical (unpaired) electrons. The number of nitrogens with zero attached hydrogens (tertiary/aromatic N) is 2. The summed E-state index contributed by atoms with van der Waals surface area (Å²) in [6, 6.07) is 5.75. The van der Waals surface area contributed by atoms with Crippen molar-refractivity contribution in [3.63, 3.8) is 0 Å². The van der Waals surface area contributed by atoms with Crippen molar-refractivity contribution in [2.24, 2.45) is 0 Å². The lowest BCUT2D eigenvalue weighted by Crippen LogP contribution is -2.28. The van der Waals surface area contributed by atoms with Gasteiger partial charge in [-0.15, -0.1) is 0 Å². The van der Waals surface area contributed by atoms with E-state index in [0.717, 1.165) is 6.07 Å². The zero-order valence-electron chi connectivity index (χ0n) is 8.90. The molecule has 84 valence electrons. The average molecular weight is 221 g/mol. The fourth-order valence-corrected chi connectivity index (χ4v) is 1.23. The summed E-state index contributed by atoms with van der Waals surface area (Å²) in [6.45, 7) is 0.267. The Morgan fingerprint density at radius 1 is 1.62 bits per heavy atom. The second-order valence-electron chi connectivity index (χ2n) is 3.37. The first-order chi connectivity index (χ1) is 7.56. The minimum absolute atomic E-state index is 0.0690. The molecule has 0 heterocycles. The maximum atomic E-state index is 13.3. The van der Waals surface area contributed by atoms with Crippen LogP contribution in [0.15, 0.2) is 18.2 Å². The summed E-state index contributed by atoms with van der Waals surface area (Å²) in [4.78, 5) is 13.0. The zero-order valence-corrected chi connectivity index (χ0v) is 8.90. The van der Waals surface area contributed by atoms with Crippen LogP contribution in [0.5, 0.6) is 0 Å². The van der Waals surface area contributed by atoms with Crippen molar-refractivity contribution in [2.75, 3.05) is 19.3 Å². The van der Waals surface area contributed by atoms with Gasteiger partial charge in [0.2, 0.25) is 0 Å². The van der Waals surface area contributed by atoms with Crippen molar-refractivity contribution in [1.29, 1.82) is 5.26 Å². The topological polar surface area (TPSA) is 70.1 Å². The van der Waals surface area contributed by atoms with Crippen LogP contribution < -0.4 is 5.73 Å². The first-order valence-corrected chi connectivity index (χ1v) is 4.73. The van der Waals surface area contributed by atoms with Crippen LogP contribution >= 0.6 is 0 Å². The Morgan fingerprint density at radius 2 is 2.31 bits per heavy atom. The molecule has 2 N–H and O–H groups in total. The first kappa shape index (κ1) is 12.0. The Labute approximate surface area is 93.1 Å². The minimum Gasteiger partial charge on any atom is -0.399 e. The van der Waals surface area contributed by atoms with Crippen LogP contribution in [0.1, 0.15) is 16.8 Å². The molecule has 0 unspecified atom stereocenters. The van der Waals surface area contributed by atoms with E-state index in [1.807, 2.05) is 6.07 Å². The van der Waals surface area contributed by atoms with Gasteiger partial charge >= 0.3 is 0 Å². The van der Waals surface area contributed by atoms with Crippen LogP contribution in [-0.4, -0.2) is 24.4 Å². The van der Waals surface area contributed by atoms with E-state index in [1.54, 1.807) is 0 Å². The number of hydrogen-bond donors (Lipinski definition) is 1. The highest BCUT2D eigenvalue weighted by Crippen LogP contribution is 2.13. The van der Waals surface area contributed by atoms with Crippen molar-refractivity contribution < 1.29 is 9.18 Å². The van der Waals surface area contributed by atoms with Crippen LogP contribution in [0.3, 0.4) is 0 Å². The molecule has 0 aromatic heterocycles. The first-order valence-electron chi connectivity index (χ1n) is 4.73. The number of carbonyl (C=O) groups is 1. The lowest BCUT2D eigenvalue weighted by Gasteiger charge is -2.15. The molecular weight excluding hydrogens is 209 g/mol. The van der Waals surface area contributed by atoms with E-state index in [0.29, 0.717) is 5.69 Å². The Balaban J connectivity index is 2.88. The summed E-state index contributed by atoms with van der Waals surface area (Å²) in [6.07, 6.45) is 0.214. The van der Waals surface area contributed by atoms with Gasteiger partial charge in [-0.3, -0.25) is 4.79 Å². The molecule has 1 aromatic carbocycles. The fraction of sp³-hybridized carbons (Fsp3) is 0.273. The van der Waals surface area contributed by atoms with E-state index < -0.39 is 11.7 Å². The highest BCUT2D eigenvalue weighted by Gasteiger charge is 2.15. The molecule has 1 aromatic rings. The monoisotopic (exact) mass is 221 g/mol. The van der Waals surface area contributed by atoms with Crippen LogP contribution in [0, 0.1) is 17.1 Å². The number of nitrogen functional groups attached to an aromatic ring is 1. The number of anilines is 1. The van der Waals surface area contributed by atoms with Gasteiger partial charge in [0.05, 0.1) is 18.1 Å². The molecule has 0 saturated carbocycles. The quantitative estimate of drug-likeness (QED) is 0.784. The standard InChI is InChI=1S/C11H12FN3O/c1-15(6-2-5-13)11(16)9-7-8(14)3-4-10(9)12/h3-4,7H,2,6,14H2,1H3. The van der Waals surface area contributed by atoms with E-state index in [2.05, 4.69) is 0 Å². The van der Waals surface area contributed by atoms with Crippen molar-refractivity contribution in [2.45, 2.75) is 6.42 Å². The molecule has 0 atom stereocenters. The third-order valence-electron chi connectivity index (χ3n) is 2.13. The van der Waals surface area contributed by atoms with E-state index in [-0.39, 0.29) is 18.5 Å². The lowest BCUT2D eigenvalue weighted by atomic mass is 10.1. The number of rotatable bonds is 3. The Kier molecular flexibility index (Phi) is 3.84. The molecule has 0 aliphatic rings. The maximum absolute atomic E-state index is 13.3. The number of nitriles is 1. The van der Waals surface area contributed by atoms with Crippen molar-refractivity contribution in [3.05, 3.63) is 29.6 Å². The third-order valence-corrected chi connectivity index (χ3v) is 2.13. The summed E-state index contributed by atoms with van der Waals surface area (Å²) in [5.74, 6) is -1.08. The molecule has 0 fully saturated rings. The molecule has 0 saturated heterocycles. The van der Waals surface area contributed by atoms with E-state index in [1.165, 1.54) is 24.1 Å². The third kappa shape index (κ3) is 2.70. The fourth-order valence-electron chi connectivity index (χ4n) is 1.23. The molecule has 4 nitrogen and oxygen atoms in total. The van der Waals surface area contributed by atoms with Crippen LogP contribution in [0.25, 0.3) is 0 Å². The Morgan fingerprint density at radius 3 is 2.94 bits per heavy atom. The van der Waals surface area contributed by atoms with Gasteiger partial charge < -0.3 is 10.6 Å². The van der Waals surface area contributed by atoms with Gasteiger partial charge in [-0.2, -0.15) is 5.26 Å². The van der Waals surface area contributed by atoms with Gasteiger partial charge in [0.1, 0.15) is 5.82 Å². The van der Waals surface area contributed by atoms with Gasteiger partial charge in [-0.1, -0.05) is 0 Å². The lowest BCUT2D eigenvalue weighted by molar-refractivity contribution is 0.0793. The number of benzene rings is 1. The molecule has 0 spiro atoms. The minimum atomic E-state index is -0.608. The molecule has 0 aliphatic heterocycles.